The lowest BCUT2D eigenvalue weighted by molar-refractivity contribution is 0.454. The zero-order valence-electron chi connectivity index (χ0n) is 10.9. The molecule has 0 spiro atoms. The highest BCUT2D eigenvalue weighted by Gasteiger charge is 2.20. The smallest absolute Gasteiger partial charge is 0.207 e. The first-order valence-electron chi connectivity index (χ1n) is 6.13. The van der Waals surface area contributed by atoms with Crippen molar-refractivity contribution < 1.29 is 8.42 Å². The summed E-state index contributed by atoms with van der Waals surface area (Å²) in [7, 11) is -1.75. The van der Waals surface area contributed by atoms with E-state index in [9.17, 15) is 8.42 Å². The van der Waals surface area contributed by atoms with E-state index in [-0.39, 0.29) is 0 Å². The van der Waals surface area contributed by atoms with E-state index >= 15 is 0 Å². The molecule has 1 aromatic rings. The molecule has 0 amide bonds. The first-order valence-corrected chi connectivity index (χ1v) is 8.11. The maximum Gasteiger partial charge on any atom is 0.242 e. The Hall–Kier alpha value is -0.580. The van der Waals surface area contributed by atoms with Gasteiger partial charge in [0.15, 0.2) is 0 Å². The molecule has 3 nitrogen and oxygen atoms in total. The van der Waals surface area contributed by atoms with Gasteiger partial charge in [-0.05, 0) is 24.1 Å². The molecule has 5 heteroatoms. The second-order valence-corrected chi connectivity index (χ2v) is 6.63. The van der Waals surface area contributed by atoms with Gasteiger partial charge in [-0.1, -0.05) is 31.9 Å². The van der Waals surface area contributed by atoms with Gasteiger partial charge >= 0.3 is 0 Å². The van der Waals surface area contributed by atoms with Gasteiger partial charge in [-0.3, -0.25) is 0 Å². The monoisotopic (exact) mass is 289 g/mol. The highest BCUT2D eigenvalue weighted by Crippen LogP contribution is 2.17. The van der Waals surface area contributed by atoms with Gasteiger partial charge in [-0.25, -0.2) is 12.7 Å². The van der Waals surface area contributed by atoms with Gasteiger partial charge in [0.2, 0.25) is 10.0 Å². The van der Waals surface area contributed by atoms with Gasteiger partial charge in [-0.15, -0.1) is 11.6 Å². The van der Waals surface area contributed by atoms with Gasteiger partial charge in [-0.2, -0.15) is 0 Å². The normalized spacial score (nSPS) is 12.0. The molecule has 1 aromatic carbocycles. The molecule has 18 heavy (non-hydrogen) atoms. The number of alkyl halides is 1. The second-order valence-electron chi connectivity index (χ2n) is 4.31. The Morgan fingerprint density at radius 1 is 1.28 bits per heavy atom. The van der Waals surface area contributed by atoms with Gasteiger partial charge in [0.05, 0.1) is 4.90 Å². The standard InChI is InChI=1S/C13H20ClNO2S/c1-3-4-5-9-15(2)18(16,17)13-8-6-7-12(10-13)11-14/h6-8,10H,3-5,9,11H2,1-2H3. The van der Waals surface area contributed by atoms with Gasteiger partial charge < -0.3 is 0 Å². The van der Waals surface area contributed by atoms with E-state index in [4.69, 9.17) is 11.6 Å². The van der Waals surface area contributed by atoms with E-state index in [1.807, 2.05) is 6.07 Å². The third kappa shape index (κ3) is 3.97. The van der Waals surface area contributed by atoms with Crippen LogP contribution in [0.5, 0.6) is 0 Å². The van der Waals surface area contributed by atoms with Crippen molar-refractivity contribution in [1.82, 2.24) is 4.31 Å². The molecule has 0 saturated carbocycles. The zero-order valence-corrected chi connectivity index (χ0v) is 12.5. The third-order valence-electron chi connectivity index (χ3n) is 2.84. The first kappa shape index (κ1) is 15.5. The minimum Gasteiger partial charge on any atom is -0.207 e. The van der Waals surface area contributed by atoms with Crippen molar-refractivity contribution in [3.63, 3.8) is 0 Å². The minimum atomic E-state index is -3.38. The summed E-state index contributed by atoms with van der Waals surface area (Å²) in [6, 6.07) is 6.80. The van der Waals surface area contributed by atoms with Crippen molar-refractivity contribution >= 4 is 21.6 Å². The van der Waals surface area contributed by atoms with Crippen LogP contribution >= 0.6 is 11.6 Å². The Labute approximate surface area is 115 Å². The summed E-state index contributed by atoms with van der Waals surface area (Å²) in [6.45, 7) is 2.65. The molecule has 102 valence electrons. The number of rotatable bonds is 7. The summed E-state index contributed by atoms with van der Waals surface area (Å²) >= 11 is 5.72. The zero-order chi connectivity index (χ0) is 13.6. The maximum absolute atomic E-state index is 12.3. The Bertz CT molecular complexity index is 474. The summed E-state index contributed by atoms with van der Waals surface area (Å²) in [5, 5.41) is 0. The van der Waals surface area contributed by atoms with E-state index in [0.717, 1.165) is 24.8 Å². The Kier molecular flexibility index (Phi) is 6.12. The molecule has 0 aromatic heterocycles. The summed E-state index contributed by atoms with van der Waals surface area (Å²) in [4.78, 5) is 0.319. The average Bonchev–Trinajstić information content (AvgIpc) is 2.39. The van der Waals surface area contributed by atoms with Crippen LogP contribution in [0.4, 0.5) is 0 Å². The average molecular weight is 290 g/mol. The summed E-state index contributed by atoms with van der Waals surface area (Å²) in [5.74, 6) is 0.322. The van der Waals surface area contributed by atoms with Crippen molar-refractivity contribution in [1.29, 1.82) is 0 Å². The molecule has 0 aliphatic heterocycles. The third-order valence-corrected chi connectivity index (χ3v) is 5.00. The van der Waals surface area contributed by atoms with Crippen LogP contribution in [0, 0.1) is 0 Å². The fraction of sp³-hybridized carbons (Fsp3) is 0.538. The number of nitrogens with zero attached hydrogens (tertiary/aromatic N) is 1. The number of benzene rings is 1. The minimum absolute atomic E-state index is 0.319. The number of hydrogen-bond acceptors (Lipinski definition) is 2. The predicted molar refractivity (Wildman–Crippen MR) is 75.3 cm³/mol. The second kappa shape index (κ2) is 7.12. The van der Waals surface area contributed by atoms with Crippen LogP contribution in [0.2, 0.25) is 0 Å². The summed E-state index contributed by atoms with van der Waals surface area (Å²) in [5.41, 5.74) is 0.819. The van der Waals surface area contributed by atoms with Crippen molar-refractivity contribution in [2.75, 3.05) is 13.6 Å². The predicted octanol–water partition coefficient (Wildman–Crippen LogP) is 3.24. The fourth-order valence-corrected chi connectivity index (χ4v) is 3.12. The van der Waals surface area contributed by atoms with Crippen LogP contribution in [0.3, 0.4) is 0 Å². The molecule has 0 atom stereocenters. The van der Waals surface area contributed by atoms with Crippen molar-refractivity contribution in [3.05, 3.63) is 29.8 Å². The van der Waals surface area contributed by atoms with Crippen LogP contribution in [-0.4, -0.2) is 26.3 Å². The Morgan fingerprint density at radius 2 is 2.00 bits per heavy atom. The number of hydrogen-bond donors (Lipinski definition) is 0. The van der Waals surface area contributed by atoms with E-state index in [2.05, 4.69) is 6.92 Å². The van der Waals surface area contributed by atoms with Gasteiger partial charge in [0, 0.05) is 19.5 Å². The Balaban J connectivity index is 2.84. The fourth-order valence-electron chi connectivity index (χ4n) is 1.67. The van der Waals surface area contributed by atoms with Crippen molar-refractivity contribution in [3.8, 4) is 0 Å². The molecule has 0 heterocycles. The quantitative estimate of drug-likeness (QED) is 0.571. The molecular formula is C13H20ClNO2S. The molecule has 0 unspecified atom stereocenters. The molecule has 0 fully saturated rings. The molecule has 0 saturated heterocycles. The SMILES string of the molecule is CCCCCN(C)S(=O)(=O)c1cccc(CCl)c1. The largest absolute Gasteiger partial charge is 0.242 e. The molecule has 0 radical (unpaired) electrons. The highest BCUT2D eigenvalue weighted by atomic mass is 35.5. The maximum atomic E-state index is 12.3. The molecule has 0 bridgehead atoms. The van der Waals surface area contributed by atoms with E-state index in [1.54, 1.807) is 25.2 Å². The lowest BCUT2D eigenvalue weighted by atomic mass is 10.2. The number of unbranched alkanes of at least 4 members (excludes halogenated alkanes) is 2. The lowest BCUT2D eigenvalue weighted by Gasteiger charge is -2.17. The van der Waals surface area contributed by atoms with E-state index in [1.165, 1.54) is 4.31 Å². The van der Waals surface area contributed by atoms with Crippen LogP contribution < -0.4 is 0 Å². The molecule has 0 aliphatic carbocycles. The molecule has 1 rings (SSSR count). The van der Waals surface area contributed by atoms with E-state index in [0.29, 0.717) is 17.3 Å². The Morgan fingerprint density at radius 3 is 2.61 bits per heavy atom. The van der Waals surface area contributed by atoms with Crippen LogP contribution in [0.25, 0.3) is 0 Å². The van der Waals surface area contributed by atoms with Crippen LogP contribution in [-0.2, 0) is 15.9 Å². The number of halogens is 1. The topological polar surface area (TPSA) is 37.4 Å². The van der Waals surface area contributed by atoms with E-state index < -0.39 is 10.0 Å². The molecular weight excluding hydrogens is 270 g/mol. The lowest BCUT2D eigenvalue weighted by Crippen LogP contribution is -2.28. The first-order chi connectivity index (χ1) is 8.52. The molecule has 0 N–H and O–H groups in total. The van der Waals surface area contributed by atoms with Crippen LogP contribution in [0.1, 0.15) is 31.7 Å². The van der Waals surface area contributed by atoms with Crippen molar-refractivity contribution in [2.24, 2.45) is 0 Å². The van der Waals surface area contributed by atoms with Crippen molar-refractivity contribution in [2.45, 2.75) is 37.0 Å². The summed E-state index contributed by atoms with van der Waals surface area (Å²) < 4.78 is 26.0. The molecule has 0 aliphatic rings. The number of sulfonamides is 1. The summed E-state index contributed by atoms with van der Waals surface area (Å²) in [6.07, 6.45) is 3.01. The highest BCUT2D eigenvalue weighted by molar-refractivity contribution is 7.89. The van der Waals surface area contributed by atoms with Crippen LogP contribution in [0.15, 0.2) is 29.2 Å². The van der Waals surface area contributed by atoms with Gasteiger partial charge in [0.25, 0.3) is 0 Å². The van der Waals surface area contributed by atoms with Gasteiger partial charge in [0.1, 0.15) is 0 Å².